The Morgan fingerprint density at radius 3 is 2.30 bits per heavy atom. The molecule has 6 heteroatoms. The Kier molecular flexibility index (Phi) is 3.86. The lowest BCUT2D eigenvalue weighted by atomic mass is 9.64. The maximum Gasteiger partial charge on any atom is 0.477 e. The molecule has 4 aliphatic rings. The van der Waals surface area contributed by atoms with Gasteiger partial charge in [-0.1, -0.05) is 0 Å². The predicted octanol–water partition coefficient (Wildman–Crippen LogP) is 1.03. The van der Waals surface area contributed by atoms with E-state index in [1.54, 1.807) is 0 Å². The first-order valence-corrected chi connectivity index (χ1v) is 9.38. The molecule has 4 rings (SSSR count). The molecule has 0 aromatic heterocycles. The van der Waals surface area contributed by atoms with Crippen LogP contribution < -0.4 is 10.6 Å². The van der Waals surface area contributed by atoms with Crippen LogP contribution in [0.1, 0.15) is 47.5 Å². The van der Waals surface area contributed by atoms with E-state index in [1.807, 2.05) is 0 Å². The molecule has 3 heterocycles. The third kappa shape index (κ3) is 2.76. The quantitative estimate of drug-likeness (QED) is 0.761. The van der Waals surface area contributed by atoms with Crippen LogP contribution in [0.25, 0.3) is 0 Å². The van der Waals surface area contributed by atoms with E-state index in [9.17, 15) is 0 Å². The zero-order valence-corrected chi connectivity index (χ0v) is 15.3. The Morgan fingerprint density at radius 1 is 1.09 bits per heavy atom. The normalized spacial score (nSPS) is 43.4. The minimum absolute atomic E-state index is 0.134. The Labute approximate surface area is 141 Å². The van der Waals surface area contributed by atoms with E-state index in [0.717, 1.165) is 25.6 Å². The van der Waals surface area contributed by atoms with Gasteiger partial charge in [0.25, 0.3) is 0 Å². The molecule has 0 bridgehead atoms. The lowest BCUT2D eigenvalue weighted by Gasteiger charge is -2.54. The van der Waals surface area contributed by atoms with Crippen molar-refractivity contribution >= 4 is 7.12 Å². The van der Waals surface area contributed by atoms with E-state index in [1.165, 1.54) is 12.8 Å². The van der Waals surface area contributed by atoms with E-state index < -0.39 is 0 Å². The van der Waals surface area contributed by atoms with Crippen molar-refractivity contribution < 1.29 is 9.31 Å². The molecule has 4 fully saturated rings. The summed E-state index contributed by atoms with van der Waals surface area (Å²) in [4.78, 5) is 2.68. The van der Waals surface area contributed by atoms with Crippen LogP contribution in [0, 0.1) is 5.92 Å². The van der Waals surface area contributed by atoms with Gasteiger partial charge < -0.3 is 19.9 Å². The zero-order valence-electron chi connectivity index (χ0n) is 15.3. The fraction of sp³-hybridized carbons (Fsp3) is 1.00. The molecule has 3 aliphatic heterocycles. The SMILES string of the molecule is C[C@@H]1CN([C@H]2C(B3OC(C)(C)C(C)(C)O3)NC2C2CC2)CCN1. The van der Waals surface area contributed by atoms with Gasteiger partial charge in [0.1, 0.15) is 0 Å². The van der Waals surface area contributed by atoms with E-state index in [4.69, 9.17) is 9.31 Å². The van der Waals surface area contributed by atoms with E-state index in [0.29, 0.717) is 24.1 Å². The molecule has 0 aromatic rings. The highest BCUT2D eigenvalue weighted by molar-refractivity contribution is 6.48. The number of nitrogens with one attached hydrogen (secondary N) is 2. The fourth-order valence-corrected chi connectivity index (χ4v) is 4.36. The molecule has 0 amide bonds. The van der Waals surface area contributed by atoms with Crippen molar-refractivity contribution in [2.75, 3.05) is 19.6 Å². The van der Waals surface area contributed by atoms with Crippen LogP contribution in [-0.2, 0) is 9.31 Å². The monoisotopic (exact) mass is 321 g/mol. The number of nitrogens with zero attached hydrogens (tertiary/aromatic N) is 1. The highest BCUT2D eigenvalue weighted by atomic mass is 16.7. The molecule has 0 radical (unpaired) electrons. The van der Waals surface area contributed by atoms with Gasteiger partial charge in [0.2, 0.25) is 0 Å². The second kappa shape index (κ2) is 5.43. The highest BCUT2D eigenvalue weighted by Crippen LogP contribution is 2.44. The first-order chi connectivity index (χ1) is 10.8. The van der Waals surface area contributed by atoms with Gasteiger partial charge in [-0.3, -0.25) is 4.90 Å². The number of rotatable bonds is 3. The summed E-state index contributed by atoms with van der Waals surface area (Å²) in [6.07, 6.45) is 2.76. The van der Waals surface area contributed by atoms with Gasteiger partial charge in [-0.05, 0) is 53.4 Å². The van der Waals surface area contributed by atoms with Crippen molar-refractivity contribution in [2.24, 2.45) is 5.92 Å². The molecule has 2 unspecified atom stereocenters. The van der Waals surface area contributed by atoms with Gasteiger partial charge in [0, 0.05) is 37.8 Å². The average Bonchev–Trinajstić information content (AvgIpc) is 3.17. The summed E-state index contributed by atoms with van der Waals surface area (Å²) in [6.45, 7) is 14.2. The molecule has 1 saturated carbocycles. The Morgan fingerprint density at radius 2 is 1.74 bits per heavy atom. The number of hydrogen-bond donors (Lipinski definition) is 2. The fourth-order valence-electron chi connectivity index (χ4n) is 4.36. The molecule has 3 saturated heterocycles. The van der Waals surface area contributed by atoms with Crippen LogP contribution in [0.5, 0.6) is 0 Å². The second-order valence-corrected chi connectivity index (χ2v) is 9.02. The summed E-state index contributed by atoms with van der Waals surface area (Å²) in [5.74, 6) is 1.16. The molecular formula is C17H32BN3O2. The average molecular weight is 321 g/mol. The van der Waals surface area contributed by atoms with Crippen molar-refractivity contribution in [1.82, 2.24) is 15.5 Å². The van der Waals surface area contributed by atoms with E-state index in [-0.39, 0.29) is 18.3 Å². The van der Waals surface area contributed by atoms with Crippen molar-refractivity contribution in [2.45, 2.75) is 82.7 Å². The topological polar surface area (TPSA) is 45.8 Å². The van der Waals surface area contributed by atoms with Crippen molar-refractivity contribution in [3.8, 4) is 0 Å². The summed E-state index contributed by atoms with van der Waals surface area (Å²) in [5.41, 5.74) is -0.489. The lowest BCUT2D eigenvalue weighted by molar-refractivity contribution is 0.00578. The number of hydrogen-bond acceptors (Lipinski definition) is 5. The van der Waals surface area contributed by atoms with Gasteiger partial charge >= 0.3 is 7.12 Å². The Bertz CT molecular complexity index is 453. The van der Waals surface area contributed by atoms with E-state index in [2.05, 4.69) is 50.2 Å². The molecule has 23 heavy (non-hydrogen) atoms. The molecule has 2 N–H and O–H groups in total. The van der Waals surface area contributed by atoms with Crippen LogP contribution in [0.3, 0.4) is 0 Å². The van der Waals surface area contributed by atoms with Crippen LogP contribution in [-0.4, -0.2) is 66.9 Å². The molecular weight excluding hydrogens is 289 g/mol. The molecule has 1 aliphatic carbocycles. The van der Waals surface area contributed by atoms with Gasteiger partial charge in [0.15, 0.2) is 0 Å². The summed E-state index contributed by atoms with van der Waals surface area (Å²) in [6, 6.07) is 1.76. The first kappa shape index (κ1) is 16.3. The summed E-state index contributed by atoms with van der Waals surface area (Å²) >= 11 is 0. The van der Waals surface area contributed by atoms with Crippen LogP contribution in [0.2, 0.25) is 0 Å². The molecule has 0 aromatic carbocycles. The maximum atomic E-state index is 6.34. The Hall–Kier alpha value is -0.135. The van der Waals surface area contributed by atoms with Crippen molar-refractivity contribution in [3.63, 3.8) is 0 Å². The molecule has 4 atom stereocenters. The molecule has 130 valence electrons. The largest absolute Gasteiger partial charge is 0.477 e. The predicted molar refractivity (Wildman–Crippen MR) is 92.3 cm³/mol. The van der Waals surface area contributed by atoms with Gasteiger partial charge in [0.05, 0.1) is 17.1 Å². The van der Waals surface area contributed by atoms with Crippen molar-refractivity contribution in [3.05, 3.63) is 0 Å². The Balaban J connectivity index is 1.50. The standard InChI is InChI=1S/C17H32BN3O2/c1-11-10-21(9-8-19-11)14-13(12-6-7-12)20-15(14)18-22-16(2,3)17(4,5)23-18/h11-15,19-20H,6-10H2,1-5H3/t11-,13?,14-,15?/m1/s1. The van der Waals surface area contributed by atoms with Gasteiger partial charge in [-0.2, -0.15) is 0 Å². The first-order valence-electron chi connectivity index (χ1n) is 9.38. The van der Waals surface area contributed by atoms with Gasteiger partial charge in [-0.25, -0.2) is 0 Å². The van der Waals surface area contributed by atoms with Crippen LogP contribution in [0.4, 0.5) is 0 Å². The smallest absolute Gasteiger partial charge is 0.402 e. The third-order valence-electron chi connectivity index (χ3n) is 6.64. The molecule has 0 spiro atoms. The van der Waals surface area contributed by atoms with Crippen LogP contribution >= 0.6 is 0 Å². The molecule has 5 nitrogen and oxygen atoms in total. The lowest BCUT2D eigenvalue weighted by Crippen LogP contribution is -2.78. The van der Waals surface area contributed by atoms with E-state index >= 15 is 0 Å². The minimum Gasteiger partial charge on any atom is -0.402 e. The second-order valence-electron chi connectivity index (χ2n) is 9.02. The summed E-state index contributed by atoms with van der Waals surface area (Å²) < 4.78 is 12.7. The van der Waals surface area contributed by atoms with Crippen molar-refractivity contribution in [1.29, 1.82) is 0 Å². The van der Waals surface area contributed by atoms with Gasteiger partial charge in [-0.15, -0.1) is 0 Å². The summed E-state index contributed by atoms with van der Waals surface area (Å²) in [7, 11) is -0.134. The number of piperazine rings is 1. The zero-order chi connectivity index (χ0) is 16.4. The highest BCUT2D eigenvalue weighted by Gasteiger charge is 2.62. The minimum atomic E-state index is -0.245. The maximum absolute atomic E-state index is 6.34. The summed E-state index contributed by atoms with van der Waals surface area (Å²) in [5, 5.41) is 7.37. The van der Waals surface area contributed by atoms with Crippen LogP contribution in [0.15, 0.2) is 0 Å². The third-order valence-corrected chi connectivity index (χ3v) is 6.64.